The second-order valence-electron chi connectivity index (χ2n) is 11.4. The van der Waals surface area contributed by atoms with E-state index in [0.29, 0.717) is 23.4 Å². The summed E-state index contributed by atoms with van der Waals surface area (Å²) < 4.78 is 28.7. The molecule has 1 saturated heterocycles. The number of rotatable bonds is 10. The van der Waals surface area contributed by atoms with Gasteiger partial charge in [0.15, 0.2) is 0 Å². The average Bonchev–Trinajstić information content (AvgIpc) is 3.20. The molecule has 1 aliphatic rings. The summed E-state index contributed by atoms with van der Waals surface area (Å²) in [4.78, 5) is 42.7. The van der Waals surface area contributed by atoms with Crippen LogP contribution in [0, 0.1) is 0 Å². The highest BCUT2D eigenvalue weighted by molar-refractivity contribution is 7.89. The number of carboxylic acid groups (broad SMARTS) is 1. The van der Waals surface area contributed by atoms with E-state index in [4.69, 9.17) is 11.6 Å². The minimum absolute atomic E-state index is 0.0364. The molecule has 2 aromatic rings. The Labute approximate surface area is 241 Å². The van der Waals surface area contributed by atoms with E-state index in [1.807, 2.05) is 34.6 Å². The van der Waals surface area contributed by atoms with Gasteiger partial charge in [0.1, 0.15) is 12.1 Å². The van der Waals surface area contributed by atoms with Crippen molar-refractivity contribution >= 4 is 50.3 Å². The lowest BCUT2D eigenvalue weighted by Gasteiger charge is -2.36. The predicted molar refractivity (Wildman–Crippen MR) is 155 cm³/mol. The average molecular weight is 595 g/mol. The Balaban J connectivity index is 1.66. The fraction of sp³-hybridized carbons (Fsp3) is 0.536. The van der Waals surface area contributed by atoms with Crippen LogP contribution in [0.5, 0.6) is 0 Å². The fourth-order valence-electron chi connectivity index (χ4n) is 4.93. The minimum Gasteiger partial charge on any atom is -0.465 e. The number of hydrogen-bond acceptors (Lipinski definition) is 5. The molecule has 40 heavy (non-hydrogen) atoms. The molecule has 0 spiro atoms. The zero-order chi connectivity index (χ0) is 30.0. The predicted octanol–water partition coefficient (Wildman–Crippen LogP) is 4.17. The molecule has 2 N–H and O–H groups in total. The second-order valence-corrected chi connectivity index (χ2v) is 13.6. The lowest BCUT2D eigenvalue weighted by molar-refractivity contribution is -0.144. The van der Waals surface area contributed by atoms with Crippen molar-refractivity contribution in [2.45, 2.75) is 82.9 Å². The van der Waals surface area contributed by atoms with Crippen molar-refractivity contribution in [3.63, 3.8) is 0 Å². The Morgan fingerprint density at radius 1 is 1.10 bits per heavy atom. The normalized spacial score (nSPS) is 16.9. The number of sulfonamides is 1. The van der Waals surface area contributed by atoms with Crippen molar-refractivity contribution in [2.24, 2.45) is 0 Å². The van der Waals surface area contributed by atoms with E-state index in [1.54, 1.807) is 36.1 Å². The zero-order valence-corrected chi connectivity index (χ0v) is 25.4. The third-order valence-corrected chi connectivity index (χ3v) is 8.88. The monoisotopic (exact) mass is 594 g/mol. The van der Waals surface area contributed by atoms with Gasteiger partial charge in [0.25, 0.3) is 0 Å². The van der Waals surface area contributed by atoms with Crippen LogP contribution in [0.2, 0.25) is 5.02 Å². The van der Waals surface area contributed by atoms with Crippen LogP contribution in [-0.2, 0) is 19.6 Å². The molecule has 0 saturated carbocycles. The summed E-state index contributed by atoms with van der Waals surface area (Å²) in [5.41, 5.74) is -0.573. The molecule has 12 heteroatoms. The van der Waals surface area contributed by atoms with Crippen LogP contribution in [0.1, 0.15) is 54.4 Å². The number of nitrogens with one attached hydrogen (secondary N) is 1. The van der Waals surface area contributed by atoms with Gasteiger partial charge in [-0.3, -0.25) is 9.59 Å². The molecule has 10 nitrogen and oxygen atoms in total. The summed E-state index contributed by atoms with van der Waals surface area (Å²) in [6, 6.07) is 7.86. The van der Waals surface area contributed by atoms with Crippen molar-refractivity contribution in [3.8, 4) is 0 Å². The highest BCUT2D eigenvalue weighted by atomic mass is 35.5. The van der Waals surface area contributed by atoms with Gasteiger partial charge < -0.3 is 19.8 Å². The third kappa shape index (κ3) is 7.24. The van der Waals surface area contributed by atoms with Crippen molar-refractivity contribution in [1.82, 2.24) is 19.4 Å². The van der Waals surface area contributed by atoms with E-state index in [0.717, 1.165) is 5.39 Å². The maximum absolute atomic E-state index is 13.4. The molecule has 0 aliphatic carbocycles. The summed E-state index contributed by atoms with van der Waals surface area (Å²) in [6.45, 7) is 11.6. The van der Waals surface area contributed by atoms with Gasteiger partial charge >= 0.3 is 6.09 Å². The Bertz CT molecular complexity index is 1370. The fourth-order valence-corrected chi connectivity index (χ4v) is 6.37. The SMILES string of the molecule is CC(C)N(CCCN(C(=O)O)C(C)(C)C)C(=O)[C@H](C)N1CC[C@H](NS(=O)(=O)c2ccc3cc(Cl)ccc3c2)C1=O. The van der Waals surface area contributed by atoms with E-state index in [2.05, 4.69) is 4.72 Å². The van der Waals surface area contributed by atoms with Gasteiger partial charge in [0.2, 0.25) is 21.8 Å². The van der Waals surface area contributed by atoms with Crippen LogP contribution >= 0.6 is 11.6 Å². The summed E-state index contributed by atoms with van der Waals surface area (Å²) in [6.07, 6.45) is -0.346. The molecule has 2 aromatic carbocycles. The first-order chi connectivity index (χ1) is 18.5. The molecule has 2 atom stereocenters. The number of fused-ring (bicyclic) bond motifs is 1. The Hall–Kier alpha value is -2.89. The minimum atomic E-state index is -4.00. The highest BCUT2D eigenvalue weighted by Crippen LogP contribution is 2.24. The van der Waals surface area contributed by atoms with Crippen LogP contribution in [0.25, 0.3) is 10.8 Å². The highest BCUT2D eigenvalue weighted by Gasteiger charge is 2.40. The molecule has 1 heterocycles. The largest absolute Gasteiger partial charge is 0.465 e. The standard InChI is InChI=1S/C28H39ClN4O6S/c1-18(2)31(13-7-14-33(27(36)37)28(4,5)6)25(34)19(3)32-15-12-24(26(32)35)30-40(38,39)23-11-9-20-16-22(29)10-8-21(20)17-23/h8-11,16-19,24,30H,7,12-15H2,1-6H3,(H,36,37)/t19-,24-/m0/s1. The van der Waals surface area contributed by atoms with Crippen molar-refractivity contribution in [2.75, 3.05) is 19.6 Å². The third-order valence-electron chi connectivity index (χ3n) is 7.17. The van der Waals surface area contributed by atoms with E-state index >= 15 is 0 Å². The summed E-state index contributed by atoms with van der Waals surface area (Å²) in [5, 5.41) is 11.6. The van der Waals surface area contributed by atoms with Gasteiger partial charge in [-0.1, -0.05) is 23.7 Å². The lowest BCUT2D eigenvalue weighted by Crippen LogP contribution is -2.52. The van der Waals surface area contributed by atoms with Crippen molar-refractivity contribution in [1.29, 1.82) is 0 Å². The Morgan fingerprint density at radius 2 is 1.73 bits per heavy atom. The van der Waals surface area contributed by atoms with Crippen LogP contribution in [0.15, 0.2) is 41.3 Å². The van der Waals surface area contributed by atoms with Gasteiger partial charge in [0.05, 0.1) is 4.90 Å². The van der Waals surface area contributed by atoms with E-state index < -0.39 is 39.6 Å². The maximum atomic E-state index is 13.4. The van der Waals surface area contributed by atoms with E-state index in [-0.39, 0.29) is 36.4 Å². The number of nitrogens with zero attached hydrogens (tertiary/aromatic N) is 3. The summed E-state index contributed by atoms with van der Waals surface area (Å²) in [5.74, 6) is -0.719. The van der Waals surface area contributed by atoms with E-state index in [9.17, 15) is 27.9 Å². The Morgan fingerprint density at radius 3 is 2.33 bits per heavy atom. The number of benzene rings is 2. The maximum Gasteiger partial charge on any atom is 0.407 e. The van der Waals surface area contributed by atoms with Gasteiger partial charge in [0, 0.05) is 36.2 Å². The van der Waals surface area contributed by atoms with Gasteiger partial charge in [-0.05, 0) is 89.4 Å². The molecular formula is C28H39ClN4O6S. The molecule has 3 amide bonds. The first kappa shape index (κ1) is 31.6. The van der Waals surface area contributed by atoms with Crippen molar-refractivity contribution < 1.29 is 27.9 Å². The van der Waals surface area contributed by atoms with Gasteiger partial charge in [-0.25, -0.2) is 13.2 Å². The van der Waals surface area contributed by atoms with Crippen LogP contribution in [-0.4, -0.2) is 89.4 Å². The second kappa shape index (κ2) is 12.3. The molecule has 0 unspecified atom stereocenters. The number of amides is 3. The number of hydrogen-bond donors (Lipinski definition) is 2. The quantitative estimate of drug-likeness (QED) is 0.425. The van der Waals surface area contributed by atoms with Crippen LogP contribution in [0.4, 0.5) is 4.79 Å². The zero-order valence-electron chi connectivity index (χ0n) is 23.8. The van der Waals surface area contributed by atoms with Gasteiger partial charge in [-0.2, -0.15) is 4.72 Å². The number of likely N-dealkylation sites (tertiary alicyclic amines) is 1. The van der Waals surface area contributed by atoms with Gasteiger partial charge in [-0.15, -0.1) is 0 Å². The first-order valence-corrected chi connectivity index (χ1v) is 15.2. The number of carbonyl (C=O) groups is 3. The number of halogens is 1. The van der Waals surface area contributed by atoms with Crippen molar-refractivity contribution in [3.05, 3.63) is 41.4 Å². The molecule has 1 fully saturated rings. The van der Waals surface area contributed by atoms with Crippen LogP contribution in [0.3, 0.4) is 0 Å². The molecule has 3 rings (SSSR count). The first-order valence-electron chi connectivity index (χ1n) is 13.4. The number of carbonyl (C=O) groups excluding carboxylic acids is 2. The topological polar surface area (TPSA) is 127 Å². The smallest absolute Gasteiger partial charge is 0.407 e. The molecule has 0 radical (unpaired) electrons. The molecule has 0 bridgehead atoms. The lowest BCUT2D eigenvalue weighted by atomic mass is 10.1. The molecular weight excluding hydrogens is 556 g/mol. The molecule has 1 aliphatic heterocycles. The van der Waals surface area contributed by atoms with Crippen LogP contribution < -0.4 is 4.72 Å². The molecule has 220 valence electrons. The molecule has 0 aromatic heterocycles. The summed E-state index contributed by atoms with van der Waals surface area (Å²) in [7, 11) is -4.00. The van der Waals surface area contributed by atoms with E-state index in [1.165, 1.54) is 21.9 Å². The summed E-state index contributed by atoms with van der Waals surface area (Å²) >= 11 is 6.02. The Kier molecular flexibility index (Phi) is 9.74.